The molecule has 2 unspecified atom stereocenters. The van der Waals surface area contributed by atoms with E-state index in [-0.39, 0.29) is 0 Å². The summed E-state index contributed by atoms with van der Waals surface area (Å²) in [7, 11) is 0. The molecule has 4 heteroatoms. The normalized spacial score (nSPS) is 26.4. The predicted molar refractivity (Wildman–Crippen MR) is 78.5 cm³/mol. The third kappa shape index (κ3) is 2.55. The molecule has 2 aromatic carbocycles. The molecule has 3 N–H and O–H groups in total. The largest absolute Gasteiger partial charge is 0.386 e. The Morgan fingerprint density at radius 3 is 2.14 bits per heavy atom. The van der Waals surface area contributed by atoms with Crippen LogP contribution < -0.4 is 5.32 Å². The first-order chi connectivity index (χ1) is 10.2. The van der Waals surface area contributed by atoms with Crippen molar-refractivity contribution in [1.29, 1.82) is 0 Å². The Kier molecular flexibility index (Phi) is 3.73. The highest BCUT2D eigenvalue weighted by Gasteiger charge is 2.45. The summed E-state index contributed by atoms with van der Waals surface area (Å²) in [6.07, 6.45) is -2.01. The molecule has 108 valence electrons. The summed E-state index contributed by atoms with van der Waals surface area (Å²) in [6, 6.07) is 17.9. The van der Waals surface area contributed by atoms with Crippen molar-refractivity contribution in [2.24, 2.45) is 0 Å². The van der Waals surface area contributed by atoms with E-state index in [9.17, 15) is 15.0 Å². The zero-order valence-electron chi connectivity index (χ0n) is 11.4. The van der Waals surface area contributed by atoms with Crippen LogP contribution in [-0.2, 0) is 4.79 Å². The van der Waals surface area contributed by atoms with Gasteiger partial charge in [-0.2, -0.15) is 0 Å². The topological polar surface area (TPSA) is 69.6 Å². The smallest absolute Gasteiger partial charge is 0.249 e. The number of carbonyl (C=O) groups excluding carboxylic acids is 1. The highest BCUT2D eigenvalue weighted by molar-refractivity contribution is 5.85. The molecule has 0 saturated carbocycles. The van der Waals surface area contributed by atoms with Gasteiger partial charge in [0.25, 0.3) is 0 Å². The van der Waals surface area contributed by atoms with Crippen LogP contribution >= 0.6 is 0 Å². The molecule has 0 bridgehead atoms. The van der Waals surface area contributed by atoms with E-state index in [1.54, 1.807) is 0 Å². The van der Waals surface area contributed by atoms with Gasteiger partial charge in [-0.05, 0) is 11.1 Å². The first kappa shape index (κ1) is 13.8. The van der Waals surface area contributed by atoms with Crippen molar-refractivity contribution in [2.45, 2.75) is 24.2 Å². The molecule has 3 rings (SSSR count). The first-order valence-electron chi connectivity index (χ1n) is 6.95. The second-order valence-electron chi connectivity index (χ2n) is 5.27. The first-order valence-corrected chi connectivity index (χ1v) is 6.95. The van der Waals surface area contributed by atoms with Gasteiger partial charge in [-0.25, -0.2) is 0 Å². The Balaban J connectivity index is 1.95. The van der Waals surface area contributed by atoms with E-state index in [0.29, 0.717) is 0 Å². The fourth-order valence-electron chi connectivity index (χ4n) is 2.90. The lowest BCUT2D eigenvalue weighted by molar-refractivity contribution is -0.126. The lowest BCUT2D eigenvalue weighted by atomic mass is 9.85. The molecule has 0 aromatic heterocycles. The van der Waals surface area contributed by atoms with Crippen molar-refractivity contribution in [1.82, 2.24) is 5.32 Å². The maximum absolute atomic E-state index is 11.8. The van der Waals surface area contributed by atoms with Gasteiger partial charge in [0.1, 0.15) is 6.10 Å². The summed E-state index contributed by atoms with van der Waals surface area (Å²) in [4.78, 5) is 11.8. The molecule has 0 spiro atoms. The second kappa shape index (κ2) is 5.68. The van der Waals surface area contributed by atoms with Gasteiger partial charge in [0.15, 0.2) is 0 Å². The van der Waals surface area contributed by atoms with Gasteiger partial charge in [-0.1, -0.05) is 60.7 Å². The monoisotopic (exact) mass is 283 g/mol. The van der Waals surface area contributed by atoms with E-state index < -0.39 is 30.1 Å². The van der Waals surface area contributed by atoms with E-state index >= 15 is 0 Å². The van der Waals surface area contributed by atoms with Crippen molar-refractivity contribution in [2.75, 3.05) is 0 Å². The molecule has 1 aliphatic heterocycles. The maximum atomic E-state index is 11.8. The molecular weight excluding hydrogens is 266 g/mol. The van der Waals surface area contributed by atoms with Gasteiger partial charge < -0.3 is 15.5 Å². The number of aliphatic hydroxyl groups is 2. The average Bonchev–Trinajstić information content (AvgIpc) is 2.84. The van der Waals surface area contributed by atoms with E-state index in [1.807, 2.05) is 60.7 Å². The number of benzene rings is 2. The van der Waals surface area contributed by atoms with Crippen LogP contribution in [0.4, 0.5) is 0 Å². The van der Waals surface area contributed by atoms with Crippen LogP contribution in [0.1, 0.15) is 23.1 Å². The number of nitrogens with one attached hydrogen (secondary N) is 1. The van der Waals surface area contributed by atoms with Crippen LogP contribution in [0, 0.1) is 0 Å². The van der Waals surface area contributed by atoms with Crippen LogP contribution in [0.5, 0.6) is 0 Å². The quantitative estimate of drug-likeness (QED) is 0.796. The fourth-order valence-corrected chi connectivity index (χ4v) is 2.90. The highest BCUT2D eigenvalue weighted by atomic mass is 16.3. The van der Waals surface area contributed by atoms with Gasteiger partial charge in [-0.15, -0.1) is 0 Å². The lowest BCUT2D eigenvalue weighted by Gasteiger charge is -2.25. The van der Waals surface area contributed by atoms with Crippen molar-refractivity contribution in [3.8, 4) is 0 Å². The molecule has 0 aliphatic carbocycles. The minimum absolute atomic E-state index is 0.441. The van der Waals surface area contributed by atoms with Gasteiger partial charge in [0, 0.05) is 5.92 Å². The van der Waals surface area contributed by atoms with Crippen LogP contribution in [0.2, 0.25) is 0 Å². The fraction of sp³-hybridized carbons (Fsp3) is 0.235. The molecule has 0 radical (unpaired) electrons. The van der Waals surface area contributed by atoms with E-state index in [2.05, 4.69) is 5.32 Å². The van der Waals surface area contributed by atoms with Crippen LogP contribution in [0.3, 0.4) is 0 Å². The lowest BCUT2D eigenvalue weighted by Crippen LogP contribution is -2.34. The van der Waals surface area contributed by atoms with Crippen molar-refractivity contribution in [3.63, 3.8) is 0 Å². The van der Waals surface area contributed by atoms with E-state index in [0.717, 1.165) is 11.1 Å². The summed E-state index contributed by atoms with van der Waals surface area (Å²) in [5, 5.41) is 23.4. The second-order valence-corrected chi connectivity index (χ2v) is 5.27. The zero-order valence-corrected chi connectivity index (χ0v) is 11.4. The number of carbonyl (C=O) groups is 1. The standard InChI is InChI=1S/C17H17NO3/c19-15(12-9-5-2-6-10-12)14-13(16(20)17(21)18-14)11-7-3-1-4-8-11/h1-10,13-16,19-20H,(H,18,21)/t13?,14?,15-,16-/m1/s1. The summed E-state index contributed by atoms with van der Waals surface area (Å²) >= 11 is 0. The molecule has 2 aromatic rings. The number of rotatable bonds is 3. The number of amides is 1. The molecule has 1 amide bonds. The minimum Gasteiger partial charge on any atom is -0.386 e. The molecule has 4 nitrogen and oxygen atoms in total. The summed E-state index contributed by atoms with van der Waals surface area (Å²) in [5.41, 5.74) is 1.56. The Labute approximate surface area is 123 Å². The number of hydrogen-bond acceptors (Lipinski definition) is 3. The van der Waals surface area contributed by atoms with Crippen molar-refractivity contribution >= 4 is 5.91 Å². The average molecular weight is 283 g/mol. The van der Waals surface area contributed by atoms with Crippen LogP contribution in [0.25, 0.3) is 0 Å². The van der Waals surface area contributed by atoms with Crippen molar-refractivity contribution < 1.29 is 15.0 Å². The molecule has 4 atom stereocenters. The maximum Gasteiger partial charge on any atom is 0.249 e. The van der Waals surface area contributed by atoms with Gasteiger partial charge in [0.05, 0.1) is 12.1 Å². The summed E-state index contributed by atoms with van der Waals surface area (Å²) in [6.45, 7) is 0. The third-order valence-electron chi connectivity index (χ3n) is 3.97. The van der Waals surface area contributed by atoms with E-state index in [4.69, 9.17) is 0 Å². The van der Waals surface area contributed by atoms with Crippen LogP contribution in [0.15, 0.2) is 60.7 Å². The minimum atomic E-state index is -1.14. The number of hydrogen-bond donors (Lipinski definition) is 3. The van der Waals surface area contributed by atoms with E-state index in [1.165, 1.54) is 0 Å². The summed E-state index contributed by atoms with van der Waals surface area (Å²) in [5.74, 6) is -0.905. The SMILES string of the molecule is O=C1NC([C@H](O)c2ccccc2)C(c2ccccc2)[C@H]1O. The Bertz CT molecular complexity index is 614. The molecule has 1 saturated heterocycles. The Hall–Kier alpha value is -2.17. The zero-order chi connectivity index (χ0) is 14.8. The summed E-state index contributed by atoms with van der Waals surface area (Å²) < 4.78 is 0. The highest BCUT2D eigenvalue weighted by Crippen LogP contribution is 2.35. The molecule has 1 heterocycles. The Morgan fingerprint density at radius 1 is 0.952 bits per heavy atom. The van der Waals surface area contributed by atoms with Gasteiger partial charge >= 0.3 is 0 Å². The molecule has 21 heavy (non-hydrogen) atoms. The predicted octanol–water partition coefficient (Wildman–Crippen LogP) is 1.36. The molecular formula is C17H17NO3. The van der Waals surface area contributed by atoms with Gasteiger partial charge in [0.2, 0.25) is 5.91 Å². The van der Waals surface area contributed by atoms with Crippen molar-refractivity contribution in [3.05, 3.63) is 71.8 Å². The molecule has 1 aliphatic rings. The third-order valence-corrected chi connectivity index (χ3v) is 3.97. The Morgan fingerprint density at radius 2 is 1.52 bits per heavy atom. The molecule has 1 fully saturated rings. The number of aliphatic hydroxyl groups excluding tert-OH is 2. The van der Waals surface area contributed by atoms with Gasteiger partial charge in [-0.3, -0.25) is 4.79 Å². The van der Waals surface area contributed by atoms with Crippen LogP contribution in [-0.4, -0.2) is 28.3 Å².